The number of thiophene rings is 1. The molecule has 0 bridgehead atoms. The van der Waals surface area contributed by atoms with Crippen molar-refractivity contribution in [2.45, 2.75) is 6.92 Å². The summed E-state index contributed by atoms with van der Waals surface area (Å²) in [6.45, 7) is 1.57. The number of nitrogens with one attached hydrogen (secondary N) is 2. The van der Waals surface area contributed by atoms with E-state index in [0.29, 0.717) is 5.69 Å². The fourth-order valence-corrected chi connectivity index (χ4v) is 3.70. The van der Waals surface area contributed by atoms with Gasteiger partial charge in [-0.3, -0.25) is 9.59 Å². The number of nitrogens with zero attached hydrogens (tertiary/aromatic N) is 1. The van der Waals surface area contributed by atoms with Gasteiger partial charge in [0, 0.05) is 10.6 Å². The molecule has 25 heavy (non-hydrogen) atoms. The van der Waals surface area contributed by atoms with Crippen LogP contribution in [0.4, 0.5) is 10.5 Å². The van der Waals surface area contributed by atoms with Crippen molar-refractivity contribution in [3.8, 4) is 0 Å². The second kappa shape index (κ2) is 7.20. The van der Waals surface area contributed by atoms with Gasteiger partial charge in [-0.25, -0.2) is 9.69 Å². The summed E-state index contributed by atoms with van der Waals surface area (Å²) in [6.07, 6.45) is 1.59. The molecule has 2 heterocycles. The summed E-state index contributed by atoms with van der Waals surface area (Å²) < 4.78 is 0.922. The lowest BCUT2D eigenvalue weighted by Gasteiger charge is -2.12. The number of rotatable bonds is 4. The summed E-state index contributed by atoms with van der Waals surface area (Å²) in [5.74, 6) is -0.955. The second-order valence-electron chi connectivity index (χ2n) is 5.44. The highest BCUT2D eigenvalue weighted by Crippen LogP contribution is 2.25. The van der Waals surface area contributed by atoms with Crippen molar-refractivity contribution in [1.82, 2.24) is 10.2 Å². The van der Waals surface area contributed by atoms with Crippen LogP contribution in [0.5, 0.6) is 0 Å². The lowest BCUT2D eigenvalue weighted by atomic mass is 10.2. The molecule has 6 nitrogen and oxygen atoms in total. The summed E-state index contributed by atoms with van der Waals surface area (Å²) in [5.41, 5.74) is 1.78. The molecule has 0 spiro atoms. The van der Waals surface area contributed by atoms with Crippen molar-refractivity contribution in [3.63, 3.8) is 0 Å². The van der Waals surface area contributed by atoms with Gasteiger partial charge in [-0.15, -0.1) is 11.3 Å². The number of carbonyl (C=O) groups is 3. The van der Waals surface area contributed by atoms with Gasteiger partial charge in [-0.05, 0) is 58.8 Å². The lowest BCUT2D eigenvalue weighted by Crippen LogP contribution is -2.38. The third kappa shape index (κ3) is 4.15. The molecule has 0 aliphatic carbocycles. The van der Waals surface area contributed by atoms with E-state index in [1.807, 2.05) is 37.3 Å². The number of anilines is 1. The first-order valence-electron chi connectivity index (χ1n) is 7.39. The Morgan fingerprint density at radius 1 is 1.32 bits per heavy atom. The van der Waals surface area contributed by atoms with Crippen molar-refractivity contribution >= 4 is 56.9 Å². The molecule has 4 amide bonds. The van der Waals surface area contributed by atoms with Gasteiger partial charge in [0.2, 0.25) is 5.91 Å². The summed E-state index contributed by atoms with van der Waals surface area (Å²) in [4.78, 5) is 38.2. The molecular formula is C17H14BrN3O3S. The van der Waals surface area contributed by atoms with Crippen molar-refractivity contribution in [3.05, 3.63) is 56.3 Å². The number of hydrogen-bond acceptors (Lipinski definition) is 4. The average molecular weight is 420 g/mol. The Bertz CT molecular complexity index is 891. The molecule has 1 aromatic carbocycles. The van der Waals surface area contributed by atoms with Crippen molar-refractivity contribution in [2.75, 3.05) is 11.9 Å². The fraction of sp³-hybridized carbons (Fsp3) is 0.118. The maximum absolute atomic E-state index is 12.4. The quantitative estimate of drug-likeness (QED) is 0.588. The number of aryl methyl sites for hydroxylation is 1. The Labute approximate surface area is 156 Å². The SMILES string of the molecule is Cc1cccc(NC(=O)CN2C(=O)N/C(=C/c3ccc(Br)s3)C2=O)c1. The van der Waals surface area contributed by atoms with Crippen LogP contribution in [0.1, 0.15) is 10.4 Å². The van der Waals surface area contributed by atoms with Gasteiger partial charge in [0.05, 0.1) is 3.79 Å². The maximum Gasteiger partial charge on any atom is 0.329 e. The van der Waals surface area contributed by atoms with E-state index in [9.17, 15) is 14.4 Å². The van der Waals surface area contributed by atoms with Crippen LogP contribution >= 0.6 is 27.3 Å². The minimum atomic E-state index is -0.605. The predicted octanol–water partition coefficient (Wildman–Crippen LogP) is 3.35. The molecule has 1 aromatic heterocycles. The Balaban J connectivity index is 1.68. The zero-order chi connectivity index (χ0) is 18.0. The normalized spacial score (nSPS) is 15.6. The minimum absolute atomic E-state index is 0.155. The Morgan fingerprint density at radius 2 is 2.12 bits per heavy atom. The monoisotopic (exact) mass is 419 g/mol. The first-order valence-corrected chi connectivity index (χ1v) is 9.00. The number of amides is 4. The van der Waals surface area contributed by atoms with Gasteiger partial charge in [-0.2, -0.15) is 0 Å². The van der Waals surface area contributed by atoms with E-state index in [2.05, 4.69) is 26.6 Å². The first kappa shape index (κ1) is 17.4. The van der Waals surface area contributed by atoms with Crippen LogP contribution < -0.4 is 10.6 Å². The van der Waals surface area contributed by atoms with Crippen LogP contribution in [0.3, 0.4) is 0 Å². The number of imide groups is 1. The van der Waals surface area contributed by atoms with Crippen molar-refractivity contribution < 1.29 is 14.4 Å². The van der Waals surface area contributed by atoms with E-state index in [-0.39, 0.29) is 12.2 Å². The molecule has 8 heteroatoms. The van der Waals surface area contributed by atoms with Crippen molar-refractivity contribution in [1.29, 1.82) is 0 Å². The van der Waals surface area contributed by atoms with Crippen molar-refractivity contribution in [2.24, 2.45) is 0 Å². The van der Waals surface area contributed by atoms with E-state index in [1.54, 1.807) is 12.1 Å². The van der Waals surface area contributed by atoms with Crippen LogP contribution in [0.15, 0.2) is 45.9 Å². The number of urea groups is 1. The highest BCUT2D eigenvalue weighted by Gasteiger charge is 2.35. The van der Waals surface area contributed by atoms with Gasteiger partial charge in [0.25, 0.3) is 5.91 Å². The third-order valence-electron chi connectivity index (χ3n) is 3.45. The predicted molar refractivity (Wildman–Crippen MR) is 100 cm³/mol. The molecule has 0 atom stereocenters. The molecule has 1 aliphatic heterocycles. The summed E-state index contributed by atoms with van der Waals surface area (Å²) >= 11 is 4.78. The lowest BCUT2D eigenvalue weighted by molar-refractivity contribution is -0.127. The highest BCUT2D eigenvalue weighted by atomic mass is 79.9. The molecule has 0 radical (unpaired) electrons. The van der Waals surface area contributed by atoms with Gasteiger partial charge >= 0.3 is 6.03 Å². The van der Waals surface area contributed by atoms with E-state index in [0.717, 1.165) is 19.1 Å². The molecule has 0 unspecified atom stereocenters. The Kier molecular flexibility index (Phi) is 5.00. The standard InChI is InChI=1S/C17H14BrN3O3S/c1-10-3-2-4-11(7-10)19-15(22)9-21-16(23)13(20-17(21)24)8-12-5-6-14(18)25-12/h2-8H,9H2,1H3,(H,19,22)(H,20,24)/b13-8+. The van der Waals surface area contributed by atoms with E-state index in [1.165, 1.54) is 11.3 Å². The van der Waals surface area contributed by atoms with Crippen LogP contribution in [-0.4, -0.2) is 29.3 Å². The summed E-state index contributed by atoms with van der Waals surface area (Å²) in [6, 6.07) is 10.4. The number of halogens is 1. The van der Waals surface area contributed by atoms with Crippen LogP contribution in [0, 0.1) is 6.92 Å². The summed E-state index contributed by atoms with van der Waals surface area (Å²) in [7, 11) is 0. The zero-order valence-electron chi connectivity index (χ0n) is 13.2. The molecule has 1 saturated heterocycles. The van der Waals surface area contributed by atoms with Crippen LogP contribution in [0.25, 0.3) is 6.08 Å². The molecular weight excluding hydrogens is 406 g/mol. The largest absolute Gasteiger partial charge is 0.329 e. The van der Waals surface area contributed by atoms with Gasteiger partial charge in [0.15, 0.2) is 0 Å². The third-order valence-corrected chi connectivity index (χ3v) is 5.02. The second-order valence-corrected chi connectivity index (χ2v) is 7.93. The van der Waals surface area contributed by atoms with Crippen LogP contribution in [0.2, 0.25) is 0 Å². The zero-order valence-corrected chi connectivity index (χ0v) is 15.6. The molecule has 1 fully saturated rings. The Hall–Kier alpha value is -2.45. The fourth-order valence-electron chi connectivity index (χ4n) is 2.33. The molecule has 2 aromatic rings. The number of hydrogen-bond donors (Lipinski definition) is 2. The summed E-state index contributed by atoms with van der Waals surface area (Å²) in [5, 5.41) is 5.18. The van der Waals surface area contributed by atoms with Gasteiger partial charge in [0.1, 0.15) is 12.2 Å². The van der Waals surface area contributed by atoms with E-state index >= 15 is 0 Å². The molecule has 0 saturated carbocycles. The van der Waals surface area contributed by atoms with Gasteiger partial charge in [-0.1, -0.05) is 12.1 Å². The maximum atomic E-state index is 12.4. The first-order chi connectivity index (χ1) is 11.9. The average Bonchev–Trinajstić information content (AvgIpc) is 3.06. The number of carbonyl (C=O) groups excluding carboxylic acids is 3. The molecule has 3 rings (SSSR count). The highest BCUT2D eigenvalue weighted by molar-refractivity contribution is 9.11. The Morgan fingerprint density at radius 3 is 2.80 bits per heavy atom. The van der Waals surface area contributed by atoms with E-state index in [4.69, 9.17) is 0 Å². The molecule has 2 N–H and O–H groups in total. The van der Waals surface area contributed by atoms with Gasteiger partial charge < -0.3 is 10.6 Å². The molecule has 1 aliphatic rings. The topological polar surface area (TPSA) is 78.5 Å². The van der Waals surface area contributed by atoms with Crippen LogP contribution in [-0.2, 0) is 9.59 Å². The minimum Gasteiger partial charge on any atom is -0.325 e. The van der Waals surface area contributed by atoms with E-state index < -0.39 is 17.8 Å². The molecule has 128 valence electrons. The number of benzene rings is 1. The smallest absolute Gasteiger partial charge is 0.325 e.